The Hall–Kier alpha value is -1.49. The number of hydrogen-bond acceptors (Lipinski definition) is 3. The third-order valence-corrected chi connectivity index (χ3v) is 6.00. The van der Waals surface area contributed by atoms with Crippen molar-refractivity contribution in [2.45, 2.75) is 32.3 Å². The largest absolute Gasteiger partial charge is 0.489 e. The summed E-state index contributed by atoms with van der Waals surface area (Å²) in [5, 5.41) is 5.38. The van der Waals surface area contributed by atoms with Gasteiger partial charge in [-0.15, -0.1) is 0 Å². The first-order chi connectivity index (χ1) is 12.5. The van der Waals surface area contributed by atoms with Crippen molar-refractivity contribution >= 4 is 39.1 Å². The van der Waals surface area contributed by atoms with Crippen LogP contribution in [0.25, 0.3) is 11.3 Å². The van der Waals surface area contributed by atoms with E-state index in [1.807, 2.05) is 31.2 Å². The van der Waals surface area contributed by atoms with E-state index in [0.29, 0.717) is 33.8 Å². The summed E-state index contributed by atoms with van der Waals surface area (Å²) in [6, 6.07) is 11.3. The highest BCUT2D eigenvalue weighted by Gasteiger charge is 2.33. The maximum Gasteiger partial charge on any atom is 0.147 e. The van der Waals surface area contributed by atoms with E-state index in [1.165, 1.54) is 0 Å². The number of nitrogens with zero attached hydrogens (tertiary/aromatic N) is 1. The lowest BCUT2D eigenvalue weighted by atomic mass is 10.0. The van der Waals surface area contributed by atoms with Gasteiger partial charge in [0.2, 0.25) is 0 Å². The Kier molecular flexibility index (Phi) is 5.00. The number of benzene rings is 2. The van der Waals surface area contributed by atoms with Gasteiger partial charge < -0.3 is 9.26 Å². The van der Waals surface area contributed by atoms with Gasteiger partial charge in [-0.2, -0.15) is 0 Å². The molecule has 3 aromatic rings. The van der Waals surface area contributed by atoms with Crippen LogP contribution >= 0.6 is 39.1 Å². The van der Waals surface area contributed by atoms with Gasteiger partial charge in [0, 0.05) is 16.0 Å². The van der Waals surface area contributed by atoms with Crippen molar-refractivity contribution in [1.82, 2.24) is 5.16 Å². The van der Waals surface area contributed by atoms with Crippen molar-refractivity contribution in [2.24, 2.45) is 0 Å². The summed E-state index contributed by atoms with van der Waals surface area (Å²) < 4.78 is 12.8. The second-order valence-corrected chi connectivity index (χ2v) is 8.11. The molecule has 0 saturated heterocycles. The van der Waals surface area contributed by atoms with Crippen LogP contribution in [0, 0.1) is 6.92 Å². The molecule has 0 atom stereocenters. The van der Waals surface area contributed by atoms with Crippen molar-refractivity contribution in [2.75, 3.05) is 0 Å². The number of aromatic nitrogens is 1. The Bertz CT molecular complexity index is 946. The third-order valence-electron chi connectivity index (χ3n) is 4.48. The van der Waals surface area contributed by atoms with Crippen LogP contribution in [0.3, 0.4) is 0 Å². The van der Waals surface area contributed by atoms with Gasteiger partial charge in [0.1, 0.15) is 23.8 Å². The fourth-order valence-electron chi connectivity index (χ4n) is 2.91. The van der Waals surface area contributed by atoms with E-state index in [0.717, 1.165) is 40.0 Å². The van der Waals surface area contributed by atoms with Crippen LogP contribution in [0.5, 0.6) is 5.75 Å². The predicted octanol–water partition coefficient (Wildman–Crippen LogP) is 7.18. The highest BCUT2D eigenvalue weighted by molar-refractivity contribution is 9.10. The highest BCUT2D eigenvalue weighted by Crippen LogP contribution is 2.46. The molecule has 1 saturated carbocycles. The molecule has 26 heavy (non-hydrogen) atoms. The smallest absolute Gasteiger partial charge is 0.147 e. The van der Waals surface area contributed by atoms with Crippen LogP contribution in [0.2, 0.25) is 10.0 Å². The number of ether oxygens (including phenoxy) is 1. The first kappa shape index (κ1) is 17.9. The van der Waals surface area contributed by atoms with Crippen molar-refractivity contribution in [3.05, 3.63) is 67.8 Å². The maximum absolute atomic E-state index is 6.38. The van der Waals surface area contributed by atoms with Crippen molar-refractivity contribution in [3.8, 4) is 17.0 Å². The summed E-state index contributed by atoms with van der Waals surface area (Å²) in [5.41, 5.74) is 3.39. The molecule has 2 aromatic carbocycles. The molecular weight excluding hydrogens is 437 g/mol. The van der Waals surface area contributed by atoms with Gasteiger partial charge in [-0.1, -0.05) is 50.4 Å². The van der Waals surface area contributed by atoms with Crippen molar-refractivity contribution in [1.29, 1.82) is 0 Å². The Morgan fingerprint density at radius 3 is 2.58 bits per heavy atom. The summed E-state index contributed by atoms with van der Waals surface area (Å²) in [4.78, 5) is 0. The second kappa shape index (κ2) is 7.26. The molecule has 0 unspecified atom stereocenters. The quantitative estimate of drug-likeness (QED) is 0.411. The lowest BCUT2D eigenvalue weighted by Crippen LogP contribution is -2.00. The summed E-state index contributed by atoms with van der Waals surface area (Å²) in [6.07, 6.45) is 2.21. The first-order valence-electron chi connectivity index (χ1n) is 8.36. The van der Waals surface area contributed by atoms with Gasteiger partial charge in [0.15, 0.2) is 0 Å². The van der Waals surface area contributed by atoms with Crippen LogP contribution in [-0.2, 0) is 6.61 Å². The first-order valence-corrected chi connectivity index (χ1v) is 9.91. The monoisotopic (exact) mass is 451 g/mol. The van der Waals surface area contributed by atoms with Gasteiger partial charge in [-0.05, 0) is 55.7 Å². The molecule has 3 nitrogen and oxygen atoms in total. The van der Waals surface area contributed by atoms with Crippen LogP contribution in [0.15, 0.2) is 45.4 Å². The summed E-state index contributed by atoms with van der Waals surface area (Å²) in [5.74, 6) is 2.08. The zero-order valence-corrected chi connectivity index (χ0v) is 17.2. The second-order valence-electron chi connectivity index (χ2n) is 6.44. The van der Waals surface area contributed by atoms with E-state index in [-0.39, 0.29) is 0 Å². The van der Waals surface area contributed by atoms with E-state index in [2.05, 4.69) is 21.1 Å². The molecule has 1 fully saturated rings. The van der Waals surface area contributed by atoms with Crippen molar-refractivity contribution < 1.29 is 9.26 Å². The van der Waals surface area contributed by atoms with E-state index in [1.54, 1.807) is 12.1 Å². The normalized spacial score (nSPS) is 13.8. The standard InChI is InChI=1S/C20H16BrCl2NO2/c1-11-9-13(7-8-15(11)21)25-10-14-19(24-26-20(14)12-5-6-12)18-16(22)3-2-4-17(18)23/h2-4,7-9,12H,5-6,10H2,1H3. The van der Waals surface area contributed by atoms with Crippen LogP contribution in [0.4, 0.5) is 0 Å². The zero-order valence-electron chi connectivity index (χ0n) is 14.1. The molecule has 0 radical (unpaired) electrons. The molecule has 1 aliphatic rings. The lowest BCUT2D eigenvalue weighted by molar-refractivity contribution is 0.300. The molecule has 0 bridgehead atoms. The summed E-state index contributed by atoms with van der Waals surface area (Å²) in [6.45, 7) is 2.38. The fourth-order valence-corrected chi connectivity index (χ4v) is 3.73. The number of aryl methyl sites for hydroxylation is 1. The summed E-state index contributed by atoms with van der Waals surface area (Å²) in [7, 11) is 0. The van der Waals surface area contributed by atoms with Gasteiger partial charge in [0.05, 0.1) is 15.6 Å². The van der Waals surface area contributed by atoms with E-state index >= 15 is 0 Å². The number of halogens is 3. The molecule has 0 amide bonds. The SMILES string of the molecule is Cc1cc(OCc2c(-c3c(Cl)cccc3Cl)noc2C2CC2)ccc1Br. The average Bonchev–Trinajstić information content (AvgIpc) is 3.37. The van der Waals surface area contributed by atoms with Crippen LogP contribution in [0.1, 0.15) is 35.6 Å². The molecule has 1 aliphatic carbocycles. The molecule has 4 rings (SSSR count). The zero-order chi connectivity index (χ0) is 18.3. The van der Waals surface area contributed by atoms with Crippen molar-refractivity contribution in [3.63, 3.8) is 0 Å². The molecule has 0 N–H and O–H groups in total. The molecular formula is C20H16BrCl2NO2. The molecule has 6 heteroatoms. The molecule has 1 heterocycles. The molecule has 0 spiro atoms. The van der Waals surface area contributed by atoms with E-state index in [9.17, 15) is 0 Å². The van der Waals surface area contributed by atoms with Crippen LogP contribution in [-0.4, -0.2) is 5.16 Å². The van der Waals surface area contributed by atoms with Crippen LogP contribution < -0.4 is 4.74 Å². The molecule has 0 aliphatic heterocycles. The minimum atomic E-state index is 0.354. The Labute approximate surface area is 170 Å². The van der Waals surface area contributed by atoms with Gasteiger partial charge in [-0.3, -0.25) is 0 Å². The van der Waals surface area contributed by atoms with Gasteiger partial charge in [0.25, 0.3) is 0 Å². The summed E-state index contributed by atoms with van der Waals surface area (Å²) >= 11 is 16.3. The van der Waals surface area contributed by atoms with Gasteiger partial charge >= 0.3 is 0 Å². The number of rotatable bonds is 5. The van der Waals surface area contributed by atoms with E-state index in [4.69, 9.17) is 32.5 Å². The fraction of sp³-hybridized carbons (Fsp3) is 0.250. The molecule has 134 valence electrons. The predicted molar refractivity (Wildman–Crippen MR) is 107 cm³/mol. The van der Waals surface area contributed by atoms with Gasteiger partial charge in [-0.25, -0.2) is 0 Å². The Morgan fingerprint density at radius 1 is 1.19 bits per heavy atom. The third kappa shape index (κ3) is 3.51. The van der Waals surface area contributed by atoms with E-state index < -0.39 is 0 Å². The average molecular weight is 453 g/mol. The highest BCUT2D eigenvalue weighted by atomic mass is 79.9. The minimum absolute atomic E-state index is 0.354. The Balaban J connectivity index is 1.70. The minimum Gasteiger partial charge on any atom is -0.489 e. The maximum atomic E-state index is 6.38. The topological polar surface area (TPSA) is 35.3 Å². The molecule has 1 aromatic heterocycles. The number of hydrogen-bond donors (Lipinski definition) is 0. The Morgan fingerprint density at radius 2 is 1.92 bits per heavy atom. The lowest BCUT2D eigenvalue weighted by Gasteiger charge is -2.10.